The number of hydrogen-bond acceptors (Lipinski definition) is 8. The molecule has 38 heavy (non-hydrogen) atoms. The summed E-state index contributed by atoms with van der Waals surface area (Å²) in [7, 11) is 0. The van der Waals surface area contributed by atoms with Gasteiger partial charge in [-0.1, -0.05) is 24.3 Å². The van der Waals surface area contributed by atoms with Gasteiger partial charge in [0.2, 0.25) is 5.95 Å². The van der Waals surface area contributed by atoms with Crippen LogP contribution in [-0.4, -0.2) is 65.7 Å². The van der Waals surface area contributed by atoms with Crippen molar-refractivity contribution in [3.63, 3.8) is 0 Å². The van der Waals surface area contributed by atoms with Gasteiger partial charge < -0.3 is 14.8 Å². The van der Waals surface area contributed by atoms with Crippen LogP contribution in [0, 0.1) is 11.3 Å². The minimum absolute atomic E-state index is 0.323. The van der Waals surface area contributed by atoms with Gasteiger partial charge in [0.05, 0.1) is 24.9 Å². The molecule has 196 valence electrons. The van der Waals surface area contributed by atoms with Gasteiger partial charge in [-0.3, -0.25) is 9.80 Å². The van der Waals surface area contributed by atoms with E-state index in [4.69, 9.17) is 14.5 Å². The fourth-order valence-electron chi connectivity index (χ4n) is 4.78. The highest BCUT2D eigenvalue weighted by atomic mass is 16.5. The summed E-state index contributed by atoms with van der Waals surface area (Å²) in [5.74, 6) is 2.16. The molecule has 0 unspecified atom stereocenters. The molecule has 0 saturated carbocycles. The van der Waals surface area contributed by atoms with Crippen LogP contribution in [0.1, 0.15) is 24.8 Å². The van der Waals surface area contributed by atoms with Crippen molar-refractivity contribution in [2.75, 3.05) is 51.3 Å². The van der Waals surface area contributed by atoms with Crippen molar-refractivity contribution < 1.29 is 9.47 Å². The third-order valence-electron chi connectivity index (χ3n) is 6.74. The topological polar surface area (TPSA) is 86.5 Å². The van der Waals surface area contributed by atoms with Crippen LogP contribution in [0.25, 0.3) is 11.3 Å². The van der Waals surface area contributed by atoms with Crippen LogP contribution in [0.2, 0.25) is 0 Å². The molecule has 2 aliphatic heterocycles. The Kier molecular flexibility index (Phi) is 8.82. The Morgan fingerprint density at radius 2 is 1.97 bits per heavy atom. The Balaban J connectivity index is 1.42. The molecule has 1 N–H and O–H groups in total. The molecule has 1 aromatic heterocycles. The molecule has 3 aromatic rings. The summed E-state index contributed by atoms with van der Waals surface area (Å²) in [6, 6.07) is 18.2. The van der Waals surface area contributed by atoms with Gasteiger partial charge in [0.1, 0.15) is 18.1 Å². The van der Waals surface area contributed by atoms with E-state index in [1.165, 1.54) is 12.8 Å². The van der Waals surface area contributed by atoms with Gasteiger partial charge in [0.25, 0.3) is 0 Å². The highest BCUT2D eigenvalue weighted by Crippen LogP contribution is 2.28. The minimum atomic E-state index is 0.323. The molecular weight excluding hydrogens is 476 g/mol. The van der Waals surface area contributed by atoms with Crippen LogP contribution < -0.4 is 14.8 Å². The van der Waals surface area contributed by atoms with Gasteiger partial charge in [0.15, 0.2) is 0 Å². The molecule has 8 nitrogen and oxygen atoms in total. The number of nitrogens with one attached hydrogen (secondary N) is 1. The average molecular weight is 511 g/mol. The Hall–Kier alpha value is -3.93. The molecule has 8 heteroatoms. The molecule has 0 radical (unpaired) electrons. The van der Waals surface area contributed by atoms with Crippen LogP contribution in [0.3, 0.4) is 0 Å². The Bertz CT molecular complexity index is 1280. The minimum Gasteiger partial charge on any atom is -0.493 e. The van der Waals surface area contributed by atoms with E-state index in [0.717, 1.165) is 60.1 Å². The molecule has 3 heterocycles. The van der Waals surface area contributed by atoms with Crippen molar-refractivity contribution in [3.05, 3.63) is 72.4 Å². The first-order valence-corrected chi connectivity index (χ1v) is 13.3. The van der Waals surface area contributed by atoms with Crippen molar-refractivity contribution in [1.82, 2.24) is 19.8 Å². The molecule has 6 bridgehead atoms. The van der Waals surface area contributed by atoms with E-state index in [1.54, 1.807) is 6.20 Å². The average Bonchev–Trinajstić information content (AvgIpc) is 3.45. The maximum Gasteiger partial charge on any atom is 0.227 e. The number of fused-ring (bicyclic) bond motifs is 7. The number of rotatable bonds is 5. The first-order chi connectivity index (χ1) is 18.8. The van der Waals surface area contributed by atoms with Gasteiger partial charge in [-0.2, -0.15) is 5.26 Å². The van der Waals surface area contributed by atoms with Crippen molar-refractivity contribution in [2.24, 2.45) is 0 Å². The zero-order chi connectivity index (χ0) is 26.0. The van der Waals surface area contributed by atoms with E-state index in [1.807, 2.05) is 42.5 Å². The Morgan fingerprint density at radius 3 is 2.87 bits per heavy atom. The lowest BCUT2D eigenvalue weighted by molar-refractivity contribution is 0.233. The summed E-state index contributed by atoms with van der Waals surface area (Å²) < 4.78 is 12.2. The molecule has 2 aromatic carbocycles. The van der Waals surface area contributed by atoms with Crippen LogP contribution in [-0.2, 0) is 6.54 Å². The SMILES string of the molecule is N#CCN1C/C=C/CCOc2cccc(c2)-c2ccnc(n2)Nc2ccc(OCCN3CCCC3)c(c2)C1. The van der Waals surface area contributed by atoms with Crippen molar-refractivity contribution >= 4 is 11.6 Å². The van der Waals surface area contributed by atoms with Crippen molar-refractivity contribution in [1.29, 1.82) is 5.26 Å². The third-order valence-corrected chi connectivity index (χ3v) is 6.74. The summed E-state index contributed by atoms with van der Waals surface area (Å²) >= 11 is 0. The lowest BCUT2D eigenvalue weighted by Gasteiger charge is -2.21. The zero-order valence-electron chi connectivity index (χ0n) is 21.7. The monoisotopic (exact) mass is 510 g/mol. The van der Waals surface area contributed by atoms with Crippen LogP contribution in [0.4, 0.5) is 11.6 Å². The fraction of sp³-hybridized carbons (Fsp3) is 0.367. The van der Waals surface area contributed by atoms with Crippen molar-refractivity contribution in [3.8, 4) is 28.8 Å². The number of benzene rings is 2. The number of nitrogens with zero attached hydrogens (tertiary/aromatic N) is 5. The van der Waals surface area contributed by atoms with E-state index in [9.17, 15) is 5.26 Å². The largest absolute Gasteiger partial charge is 0.493 e. The van der Waals surface area contributed by atoms with Crippen LogP contribution >= 0.6 is 0 Å². The number of nitriles is 1. The predicted molar refractivity (Wildman–Crippen MR) is 149 cm³/mol. The molecular formula is C30H34N6O2. The smallest absolute Gasteiger partial charge is 0.227 e. The molecule has 0 aliphatic carbocycles. The maximum absolute atomic E-state index is 9.47. The van der Waals surface area contributed by atoms with Crippen LogP contribution in [0.15, 0.2) is 66.9 Å². The van der Waals surface area contributed by atoms with E-state index in [-0.39, 0.29) is 0 Å². The summed E-state index contributed by atoms with van der Waals surface area (Å²) in [5, 5.41) is 12.8. The first-order valence-electron chi connectivity index (χ1n) is 13.3. The third kappa shape index (κ3) is 7.09. The quantitative estimate of drug-likeness (QED) is 0.378. The summed E-state index contributed by atoms with van der Waals surface area (Å²) in [6.07, 6.45) is 9.29. The number of ether oxygens (including phenoxy) is 2. The highest BCUT2D eigenvalue weighted by Gasteiger charge is 2.14. The molecule has 1 saturated heterocycles. The van der Waals surface area contributed by atoms with Gasteiger partial charge in [-0.25, -0.2) is 9.97 Å². The lowest BCUT2D eigenvalue weighted by atomic mass is 10.1. The van der Waals surface area contributed by atoms with E-state index >= 15 is 0 Å². The molecule has 0 spiro atoms. The second-order valence-electron chi connectivity index (χ2n) is 9.57. The summed E-state index contributed by atoms with van der Waals surface area (Å²) in [5.41, 5.74) is 3.68. The molecule has 0 atom stereocenters. The van der Waals surface area contributed by atoms with Gasteiger partial charge in [0, 0.05) is 42.6 Å². The normalized spacial score (nSPS) is 17.3. The number of anilines is 2. The zero-order valence-corrected chi connectivity index (χ0v) is 21.7. The highest BCUT2D eigenvalue weighted by molar-refractivity contribution is 5.64. The molecule has 1 fully saturated rings. The van der Waals surface area contributed by atoms with Crippen LogP contribution in [0.5, 0.6) is 11.5 Å². The summed E-state index contributed by atoms with van der Waals surface area (Å²) in [4.78, 5) is 13.7. The van der Waals surface area contributed by atoms with E-state index in [0.29, 0.717) is 38.8 Å². The number of hydrogen-bond donors (Lipinski definition) is 1. The first kappa shape index (κ1) is 25.7. The second kappa shape index (κ2) is 13.0. The van der Waals surface area contributed by atoms with E-state index in [2.05, 4.69) is 44.4 Å². The standard InChI is InChI=1S/C30H34N6O2/c31-12-17-36-16-2-1-5-19-37-27-8-6-7-24(22-27)28-11-13-32-30(34-28)33-26-9-10-29(25(21-26)23-36)38-20-18-35-14-3-4-15-35/h1-2,6-11,13,21-22H,3-5,14-20,23H2,(H,32,33,34)/b2-1+. The second-order valence-corrected chi connectivity index (χ2v) is 9.57. The van der Waals surface area contributed by atoms with E-state index < -0.39 is 0 Å². The predicted octanol–water partition coefficient (Wildman–Crippen LogP) is 5.03. The van der Waals surface area contributed by atoms with Gasteiger partial charge in [-0.05, 0) is 68.8 Å². The van der Waals surface area contributed by atoms with Gasteiger partial charge in [-0.15, -0.1) is 0 Å². The molecule has 5 rings (SSSR count). The summed E-state index contributed by atoms with van der Waals surface area (Å²) in [6.45, 7) is 6.02. The lowest BCUT2D eigenvalue weighted by Crippen LogP contribution is -2.26. The Labute approximate surface area is 224 Å². The van der Waals surface area contributed by atoms with Gasteiger partial charge >= 0.3 is 0 Å². The molecule has 2 aliphatic rings. The number of likely N-dealkylation sites (tertiary alicyclic amines) is 1. The molecule has 0 amide bonds. The number of aromatic nitrogens is 2. The maximum atomic E-state index is 9.47. The van der Waals surface area contributed by atoms with Crippen molar-refractivity contribution in [2.45, 2.75) is 25.8 Å². The fourth-order valence-corrected chi connectivity index (χ4v) is 4.78. The Morgan fingerprint density at radius 1 is 1.05 bits per heavy atom.